The van der Waals surface area contributed by atoms with Gasteiger partial charge in [0.1, 0.15) is 6.61 Å². The van der Waals surface area contributed by atoms with Gasteiger partial charge in [-0.15, -0.1) is 0 Å². The fourth-order valence-electron chi connectivity index (χ4n) is 0.720. The Morgan fingerprint density at radius 2 is 2.54 bits per heavy atom. The SMILES string of the molecule is CNC(=S)NOCc1cccnc1. The highest BCUT2D eigenvalue weighted by molar-refractivity contribution is 7.80. The van der Waals surface area contributed by atoms with Gasteiger partial charge in [0.05, 0.1) is 0 Å². The molecule has 5 heteroatoms. The highest BCUT2D eigenvalue weighted by Crippen LogP contribution is 1.95. The minimum Gasteiger partial charge on any atom is -0.364 e. The Hall–Kier alpha value is -1.20. The van der Waals surface area contributed by atoms with E-state index in [-0.39, 0.29) is 0 Å². The van der Waals surface area contributed by atoms with Crippen LogP contribution in [0.3, 0.4) is 0 Å². The molecule has 0 aliphatic heterocycles. The van der Waals surface area contributed by atoms with Gasteiger partial charge in [-0.25, -0.2) is 5.48 Å². The van der Waals surface area contributed by atoms with E-state index in [0.29, 0.717) is 11.7 Å². The second-order valence-electron chi connectivity index (χ2n) is 2.33. The van der Waals surface area contributed by atoms with Gasteiger partial charge in [-0.05, 0) is 23.8 Å². The summed E-state index contributed by atoms with van der Waals surface area (Å²) in [6.45, 7) is 0.440. The summed E-state index contributed by atoms with van der Waals surface area (Å²) >= 11 is 4.81. The van der Waals surface area contributed by atoms with E-state index in [1.54, 1.807) is 19.4 Å². The zero-order valence-corrected chi connectivity index (χ0v) is 8.10. The van der Waals surface area contributed by atoms with Crippen LogP contribution in [0.5, 0.6) is 0 Å². The molecule has 1 aromatic rings. The van der Waals surface area contributed by atoms with E-state index in [0.717, 1.165) is 5.56 Å². The average Bonchev–Trinajstić information content (AvgIpc) is 2.19. The number of aromatic nitrogens is 1. The Morgan fingerprint density at radius 1 is 1.69 bits per heavy atom. The lowest BCUT2D eigenvalue weighted by Gasteiger charge is -2.06. The zero-order valence-electron chi connectivity index (χ0n) is 7.28. The average molecular weight is 197 g/mol. The number of hydrogen-bond donors (Lipinski definition) is 2. The van der Waals surface area contributed by atoms with E-state index >= 15 is 0 Å². The lowest BCUT2D eigenvalue weighted by Crippen LogP contribution is -2.32. The molecule has 1 heterocycles. The van der Waals surface area contributed by atoms with Gasteiger partial charge in [0.15, 0.2) is 5.11 Å². The van der Waals surface area contributed by atoms with E-state index in [4.69, 9.17) is 17.1 Å². The Balaban J connectivity index is 2.24. The monoisotopic (exact) mass is 197 g/mol. The summed E-state index contributed by atoms with van der Waals surface area (Å²) in [6, 6.07) is 3.78. The van der Waals surface area contributed by atoms with Crippen LogP contribution in [-0.2, 0) is 11.4 Å². The van der Waals surface area contributed by atoms with E-state index < -0.39 is 0 Å². The Labute approximate surface area is 82.3 Å². The first kappa shape index (κ1) is 9.88. The first-order chi connectivity index (χ1) is 6.33. The van der Waals surface area contributed by atoms with Crippen molar-refractivity contribution < 1.29 is 4.84 Å². The smallest absolute Gasteiger partial charge is 0.190 e. The van der Waals surface area contributed by atoms with Crippen molar-refractivity contribution in [1.82, 2.24) is 15.8 Å². The molecule has 0 aliphatic carbocycles. The van der Waals surface area contributed by atoms with Gasteiger partial charge in [-0.2, -0.15) is 0 Å². The van der Waals surface area contributed by atoms with Crippen molar-refractivity contribution in [3.05, 3.63) is 30.1 Å². The van der Waals surface area contributed by atoms with Crippen LogP contribution in [0.15, 0.2) is 24.5 Å². The third-order valence-corrected chi connectivity index (χ3v) is 1.64. The van der Waals surface area contributed by atoms with Gasteiger partial charge in [-0.3, -0.25) is 9.82 Å². The van der Waals surface area contributed by atoms with Gasteiger partial charge in [0, 0.05) is 19.4 Å². The summed E-state index contributed by atoms with van der Waals surface area (Å²) in [7, 11) is 1.72. The summed E-state index contributed by atoms with van der Waals surface area (Å²) in [4.78, 5) is 9.03. The molecule has 0 saturated carbocycles. The van der Waals surface area contributed by atoms with E-state index in [9.17, 15) is 0 Å². The topological polar surface area (TPSA) is 46.2 Å². The lowest BCUT2D eigenvalue weighted by molar-refractivity contribution is 0.0707. The van der Waals surface area contributed by atoms with Crippen LogP contribution in [0, 0.1) is 0 Å². The third-order valence-electron chi connectivity index (χ3n) is 1.35. The number of nitrogens with one attached hydrogen (secondary N) is 2. The standard InChI is InChI=1S/C8H11N3OS/c1-9-8(13)11-12-6-7-3-2-4-10-5-7/h2-5H,6H2,1H3,(H2,9,11,13). The van der Waals surface area contributed by atoms with E-state index in [2.05, 4.69) is 15.8 Å². The van der Waals surface area contributed by atoms with Crippen LogP contribution in [-0.4, -0.2) is 17.1 Å². The van der Waals surface area contributed by atoms with Crippen molar-refractivity contribution in [2.75, 3.05) is 7.05 Å². The maximum absolute atomic E-state index is 5.08. The van der Waals surface area contributed by atoms with Crippen LogP contribution >= 0.6 is 12.2 Å². The van der Waals surface area contributed by atoms with Crippen LogP contribution < -0.4 is 10.8 Å². The first-order valence-electron chi connectivity index (χ1n) is 3.81. The fourth-order valence-corrected chi connectivity index (χ4v) is 0.778. The normalized spacial score (nSPS) is 9.31. The van der Waals surface area contributed by atoms with Crippen LogP contribution in [0.25, 0.3) is 0 Å². The number of hydrogen-bond acceptors (Lipinski definition) is 3. The van der Waals surface area contributed by atoms with Crippen molar-refractivity contribution in [2.24, 2.45) is 0 Å². The molecular weight excluding hydrogens is 186 g/mol. The van der Waals surface area contributed by atoms with Crippen molar-refractivity contribution in [2.45, 2.75) is 6.61 Å². The largest absolute Gasteiger partial charge is 0.364 e. The Morgan fingerprint density at radius 3 is 3.15 bits per heavy atom. The molecule has 0 bridgehead atoms. The third kappa shape index (κ3) is 3.82. The predicted octanol–water partition coefficient (Wildman–Crippen LogP) is 0.607. The quantitative estimate of drug-likeness (QED) is 0.549. The highest BCUT2D eigenvalue weighted by Gasteiger charge is 1.93. The Kier molecular flexibility index (Phi) is 4.14. The van der Waals surface area contributed by atoms with Gasteiger partial charge >= 0.3 is 0 Å². The van der Waals surface area contributed by atoms with Crippen LogP contribution in [0.1, 0.15) is 5.56 Å². The minimum atomic E-state index is 0.440. The molecule has 0 saturated heterocycles. The summed E-state index contributed by atoms with van der Waals surface area (Å²) in [5, 5.41) is 3.19. The second-order valence-corrected chi connectivity index (χ2v) is 2.74. The molecule has 2 N–H and O–H groups in total. The molecule has 0 unspecified atom stereocenters. The number of hydroxylamine groups is 1. The molecule has 0 aromatic carbocycles. The predicted molar refractivity (Wildman–Crippen MR) is 53.8 cm³/mol. The molecule has 0 amide bonds. The van der Waals surface area contributed by atoms with Gasteiger partial charge in [-0.1, -0.05) is 6.07 Å². The molecule has 0 fully saturated rings. The van der Waals surface area contributed by atoms with Crippen molar-refractivity contribution >= 4 is 17.3 Å². The second kappa shape index (κ2) is 5.45. The molecule has 4 nitrogen and oxygen atoms in total. The summed E-state index contributed by atoms with van der Waals surface area (Å²) in [6.07, 6.45) is 3.46. The number of thiocarbonyl (C=S) groups is 1. The molecule has 1 aromatic heterocycles. The molecule has 0 atom stereocenters. The van der Waals surface area contributed by atoms with E-state index in [1.807, 2.05) is 12.1 Å². The molecule has 0 spiro atoms. The molecule has 0 aliphatic rings. The molecule has 0 radical (unpaired) electrons. The van der Waals surface area contributed by atoms with Gasteiger partial charge < -0.3 is 5.32 Å². The number of pyridine rings is 1. The maximum Gasteiger partial charge on any atom is 0.190 e. The highest BCUT2D eigenvalue weighted by atomic mass is 32.1. The first-order valence-corrected chi connectivity index (χ1v) is 4.22. The summed E-state index contributed by atoms with van der Waals surface area (Å²) in [5.41, 5.74) is 3.57. The summed E-state index contributed by atoms with van der Waals surface area (Å²) < 4.78 is 0. The molecule has 1 rings (SSSR count). The zero-order chi connectivity index (χ0) is 9.52. The minimum absolute atomic E-state index is 0.440. The van der Waals surface area contributed by atoms with Crippen molar-refractivity contribution in [1.29, 1.82) is 0 Å². The van der Waals surface area contributed by atoms with Crippen molar-refractivity contribution in [3.8, 4) is 0 Å². The maximum atomic E-state index is 5.08. The number of rotatable bonds is 3. The fraction of sp³-hybridized carbons (Fsp3) is 0.250. The number of nitrogens with zero attached hydrogens (tertiary/aromatic N) is 1. The molecule has 13 heavy (non-hydrogen) atoms. The molecular formula is C8H11N3OS. The lowest BCUT2D eigenvalue weighted by atomic mass is 10.3. The Bertz CT molecular complexity index is 265. The van der Waals surface area contributed by atoms with E-state index in [1.165, 1.54) is 0 Å². The molecule has 70 valence electrons. The van der Waals surface area contributed by atoms with Gasteiger partial charge in [0.25, 0.3) is 0 Å². The van der Waals surface area contributed by atoms with Crippen LogP contribution in [0.4, 0.5) is 0 Å². The van der Waals surface area contributed by atoms with Gasteiger partial charge in [0.2, 0.25) is 0 Å². The van der Waals surface area contributed by atoms with Crippen LogP contribution in [0.2, 0.25) is 0 Å². The van der Waals surface area contributed by atoms with Crippen molar-refractivity contribution in [3.63, 3.8) is 0 Å². The summed E-state index contributed by atoms with van der Waals surface area (Å²) in [5.74, 6) is 0.